The average Bonchev–Trinajstić information content (AvgIpc) is 3.23. The number of hydrogen-bond donors (Lipinski definition) is 3. The van der Waals surface area contributed by atoms with Crippen LogP contribution in [0.4, 0.5) is 0 Å². The Balaban J connectivity index is 2.01. The predicted molar refractivity (Wildman–Crippen MR) is 161 cm³/mol. The third-order valence-corrected chi connectivity index (χ3v) is 8.44. The molecule has 2 aliphatic carbocycles. The number of benzene rings is 1. The Hall–Kier alpha value is -2.51. The summed E-state index contributed by atoms with van der Waals surface area (Å²) in [5.74, 6) is 0.0604. The van der Waals surface area contributed by atoms with E-state index in [1.165, 1.54) is 20.1 Å². The fraction of sp³-hybridized carbons (Fsp3) is 0.600. The Morgan fingerprint density at radius 1 is 1.15 bits per heavy atom. The van der Waals surface area contributed by atoms with E-state index in [4.69, 9.17) is 9.47 Å². The molecule has 1 fully saturated rings. The summed E-state index contributed by atoms with van der Waals surface area (Å²) in [4.78, 5) is 51.6. The number of rotatable bonds is 13. The molecule has 1 aromatic carbocycles. The number of carbonyl (C=O) groups is 4. The molecule has 3 N–H and O–H groups in total. The third kappa shape index (κ3) is 8.99. The molecule has 0 spiro atoms. The van der Waals surface area contributed by atoms with Gasteiger partial charge in [-0.05, 0) is 67.0 Å². The van der Waals surface area contributed by atoms with Crippen molar-refractivity contribution in [3.05, 3.63) is 32.9 Å². The summed E-state index contributed by atoms with van der Waals surface area (Å²) < 4.78 is 12.4. The summed E-state index contributed by atoms with van der Waals surface area (Å²) in [6.45, 7) is 1.33. The summed E-state index contributed by atoms with van der Waals surface area (Å²) in [6, 6.07) is 2.31. The lowest BCUT2D eigenvalue weighted by atomic mass is 9.86. The number of methoxy groups -OCH3 is 1. The standard InChI is InChI=1S/C30H41IN2O8/c1-19(36)8-7-11-27(37)33(22-9-5-3-4-6-10-22)24-16-21(30(39)32-12-13-34)17-25(28(24)38)41-29-23(31)14-20(18-35)15-26(29)40-2/h14-15,17-18,22,24-25,28,34,38H,3-13,16H2,1-2H3,(H,32,39). The highest BCUT2D eigenvalue weighted by atomic mass is 127. The monoisotopic (exact) mass is 684 g/mol. The largest absolute Gasteiger partial charge is 0.493 e. The number of carbonyl (C=O) groups excluding carboxylic acids is 4. The van der Waals surface area contributed by atoms with Gasteiger partial charge < -0.3 is 34.7 Å². The number of aldehydes is 1. The van der Waals surface area contributed by atoms with Crippen molar-refractivity contribution in [3.63, 3.8) is 0 Å². The first-order valence-corrected chi connectivity index (χ1v) is 15.4. The van der Waals surface area contributed by atoms with Crippen molar-refractivity contribution >= 4 is 46.5 Å². The molecule has 226 valence electrons. The van der Waals surface area contributed by atoms with E-state index in [9.17, 15) is 29.4 Å². The van der Waals surface area contributed by atoms with Gasteiger partial charge in [-0.2, -0.15) is 0 Å². The van der Waals surface area contributed by atoms with Crippen molar-refractivity contribution in [1.82, 2.24) is 10.2 Å². The number of amides is 2. The minimum atomic E-state index is -1.17. The zero-order valence-corrected chi connectivity index (χ0v) is 25.9. The molecule has 1 saturated carbocycles. The minimum Gasteiger partial charge on any atom is -0.493 e. The fourth-order valence-electron chi connectivity index (χ4n) is 5.62. The Labute approximate surface area is 255 Å². The van der Waals surface area contributed by atoms with Gasteiger partial charge in [0.05, 0.1) is 23.3 Å². The SMILES string of the molecule is COc1cc(C=O)cc(I)c1OC1C=C(C(=O)NCCO)CC(N(C(=O)CCCC(C)=O)C2CCCCCC2)C1O. The fourth-order valence-corrected chi connectivity index (χ4v) is 6.37. The van der Waals surface area contributed by atoms with Crippen LogP contribution in [0.15, 0.2) is 23.8 Å². The van der Waals surface area contributed by atoms with Crippen LogP contribution in [0, 0.1) is 3.57 Å². The van der Waals surface area contributed by atoms with Crippen LogP contribution in [0.25, 0.3) is 0 Å². The van der Waals surface area contributed by atoms with Gasteiger partial charge in [-0.25, -0.2) is 0 Å². The maximum atomic E-state index is 13.8. The van der Waals surface area contributed by atoms with Crippen molar-refractivity contribution in [2.75, 3.05) is 20.3 Å². The van der Waals surface area contributed by atoms with Crippen molar-refractivity contribution in [2.45, 2.75) is 95.4 Å². The summed E-state index contributed by atoms with van der Waals surface area (Å²) in [5.41, 5.74) is 0.739. The Morgan fingerprint density at radius 2 is 1.85 bits per heavy atom. The molecule has 0 saturated heterocycles. The predicted octanol–water partition coefficient (Wildman–Crippen LogP) is 3.34. The lowest BCUT2D eigenvalue weighted by molar-refractivity contribution is -0.142. The molecule has 2 aliphatic rings. The molecule has 10 nitrogen and oxygen atoms in total. The van der Waals surface area contributed by atoms with Gasteiger partial charge in [-0.3, -0.25) is 14.4 Å². The minimum absolute atomic E-state index is 0.0138. The quantitative estimate of drug-likeness (QED) is 0.163. The molecule has 3 rings (SSSR count). The van der Waals surface area contributed by atoms with E-state index in [-0.39, 0.29) is 43.7 Å². The van der Waals surface area contributed by atoms with Crippen molar-refractivity contribution in [3.8, 4) is 11.5 Å². The molecule has 3 atom stereocenters. The van der Waals surface area contributed by atoms with Gasteiger partial charge in [-0.15, -0.1) is 0 Å². The van der Waals surface area contributed by atoms with Crippen LogP contribution in [0.5, 0.6) is 11.5 Å². The Morgan fingerprint density at radius 3 is 2.46 bits per heavy atom. The highest BCUT2D eigenvalue weighted by molar-refractivity contribution is 14.1. The van der Waals surface area contributed by atoms with Gasteiger partial charge in [0.25, 0.3) is 0 Å². The summed E-state index contributed by atoms with van der Waals surface area (Å²) in [5, 5.41) is 23.7. The van der Waals surface area contributed by atoms with Crippen LogP contribution in [-0.4, -0.2) is 83.5 Å². The first kappa shape index (κ1) is 33.0. The molecule has 0 heterocycles. The molecule has 0 aromatic heterocycles. The molecule has 0 radical (unpaired) electrons. The maximum Gasteiger partial charge on any atom is 0.247 e. The van der Waals surface area contributed by atoms with E-state index >= 15 is 0 Å². The summed E-state index contributed by atoms with van der Waals surface area (Å²) >= 11 is 2.02. The maximum absolute atomic E-state index is 13.8. The molecule has 0 bridgehead atoms. The molecule has 1 aromatic rings. The van der Waals surface area contributed by atoms with E-state index in [1.54, 1.807) is 17.0 Å². The van der Waals surface area contributed by atoms with Crippen LogP contribution in [0.1, 0.15) is 81.5 Å². The molecule has 41 heavy (non-hydrogen) atoms. The highest BCUT2D eigenvalue weighted by Crippen LogP contribution is 2.38. The zero-order chi connectivity index (χ0) is 29.9. The average molecular weight is 685 g/mol. The van der Waals surface area contributed by atoms with Crippen molar-refractivity contribution in [1.29, 1.82) is 0 Å². The van der Waals surface area contributed by atoms with Crippen LogP contribution >= 0.6 is 22.6 Å². The first-order valence-electron chi connectivity index (χ1n) is 14.3. The smallest absolute Gasteiger partial charge is 0.247 e. The Bertz CT molecular complexity index is 1120. The number of ether oxygens (including phenoxy) is 2. The van der Waals surface area contributed by atoms with Gasteiger partial charge >= 0.3 is 0 Å². The van der Waals surface area contributed by atoms with Crippen LogP contribution < -0.4 is 14.8 Å². The summed E-state index contributed by atoms with van der Waals surface area (Å²) in [7, 11) is 1.45. The van der Waals surface area contributed by atoms with Gasteiger partial charge in [0.1, 0.15) is 24.3 Å². The second kappa shape index (κ2) is 16.2. The first-order chi connectivity index (χ1) is 19.7. The second-order valence-electron chi connectivity index (χ2n) is 10.7. The van der Waals surface area contributed by atoms with Crippen molar-refractivity contribution < 1.29 is 38.9 Å². The molecular weight excluding hydrogens is 643 g/mol. The van der Waals surface area contributed by atoms with Gasteiger partial charge in [0.2, 0.25) is 11.8 Å². The lowest BCUT2D eigenvalue weighted by Gasteiger charge is -2.44. The van der Waals surface area contributed by atoms with Crippen LogP contribution in [-0.2, 0) is 14.4 Å². The molecular formula is C30H41IN2O8. The van der Waals surface area contributed by atoms with Crippen LogP contribution in [0.2, 0.25) is 0 Å². The molecule has 2 amide bonds. The van der Waals surface area contributed by atoms with Gasteiger partial charge in [0, 0.05) is 43.0 Å². The zero-order valence-electron chi connectivity index (χ0n) is 23.8. The second-order valence-corrected chi connectivity index (χ2v) is 11.8. The summed E-state index contributed by atoms with van der Waals surface area (Å²) in [6.07, 6.45) is 6.73. The normalized spacial score (nSPS) is 21.3. The van der Waals surface area contributed by atoms with Crippen molar-refractivity contribution in [2.24, 2.45) is 0 Å². The van der Waals surface area contributed by atoms with E-state index in [2.05, 4.69) is 5.32 Å². The topological polar surface area (TPSA) is 142 Å². The number of nitrogens with one attached hydrogen (secondary N) is 1. The molecule has 11 heteroatoms. The van der Waals surface area contributed by atoms with Crippen LogP contribution in [0.3, 0.4) is 0 Å². The number of Topliss-reactive ketones (excluding diaryl/α,β-unsaturated/α-hetero) is 1. The number of aliphatic hydroxyl groups is 2. The lowest BCUT2D eigenvalue weighted by Crippen LogP contribution is -2.58. The molecule has 0 aliphatic heterocycles. The number of halogens is 1. The number of nitrogens with zero attached hydrogens (tertiary/aromatic N) is 1. The number of hydrogen-bond acceptors (Lipinski definition) is 8. The van der Waals surface area contributed by atoms with Gasteiger partial charge in [0.15, 0.2) is 11.5 Å². The Kier molecular flexibility index (Phi) is 13.0. The van der Waals surface area contributed by atoms with Gasteiger partial charge in [-0.1, -0.05) is 25.7 Å². The number of aliphatic hydroxyl groups excluding tert-OH is 2. The molecule has 3 unspecified atom stereocenters. The van der Waals surface area contributed by atoms with E-state index in [1.807, 2.05) is 22.6 Å². The highest BCUT2D eigenvalue weighted by Gasteiger charge is 2.43. The van der Waals surface area contributed by atoms with E-state index in [0.717, 1.165) is 38.5 Å². The third-order valence-electron chi connectivity index (χ3n) is 7.64. The van der Waals surface area contributed by atoms with E-state index in [0.29, 0.717) is 45.3 Å². The number of ketones is 1. The van der Waals surface area contributed by atoms with E-state index < -0.39 is 24.2 Å².